The molecule has 0 aromatic heterocycles. The summed E-state index contributed by atoms with van der Waals surface area (Å²) in [5, 5.41) is 35.3. The number of benzene rings is 4. The highest BCUT2D eigenvalue weighted by atomic mass is 19.4. The van der Waals surface area contributed by atoms with Gasteiger partial charge in [0.25, 0.3) is 0 Å². The van der Waals surface area contributed by atoms with E-state index in [9.17, 15) is 42.1 Å². The first-order valence-corrected chi connectivity index (χ1v) is 20.1. The summed E-state index contributed by atoms with van der Waals surface area (Å²) in [6, 6.07) is 23.5. The van der Waals surface area contributed by atoms with Gasteiger partial charge in [-0.15, -0.1) is 13.2 Å². The van der Waals surface area contributed by atoms with Crippen molar-refractivity contribution in [3.05, 3.63) is 148 Å². The van der Waals surface area contributed by atoms with E-state index >= 15 is 0 Å². The average Bonchev–Trinajstić information content (AvgIpc) is 3.43. The first kappa shape index (κ1) is 44.1. The fourth-order valence-corrected chi connectivity index (χ4v) is 8.84. The van der Waals surface area contributed by atoms with Crippen LogP contribution in [0.25, 0.3) is 0 Å². The zero-order valence-electron chi connectivity index (χ0n) is 33.4. The van der Waals surface area contributed by atoms with E-state index < -0.39 is 47.0 Å². The Hall–Kier alpha value is -4.46. The van der Waals surface area contributed by atoms with E-state index in [0.717, 1.165) is 23.3 Å². The topological polar surface area (TPSA) is 99.5 Å². The Balaban J connectivity index is 1.35. The molecule has 3 aliphatic rings. The molecule has 0 amide bonds. The number of allylic oxidation sites excluding steroid dienone is 2. The molecule has 1 fully saturated rings. The van der Waals surface area contributed by atoms with E-state index in [1.165, 1.54) is 30.3 Å². The second kappa shape index (κ2) is 18.9. The van der Waals surface area contributed by atoms with Crippen molar-refractivity contribution in [2.24, 2.45) is 5.41 Å². The number of fused-ring (bicyclic) bond motifs is 8. The van der Waals surface area contributed by atoms with E-state index in [1.807, 2.05) is 61.2 Å². The summed E-state index contributed by atoms with van der Waals surface area (Å²) >= 11 is 0. The van der Waals surface area contributed by atoms with Gasteiger partial charge >= 0.3 is 6.36 Å². The summed E-state index contributed by atoms with van der Waals surface area (Å²) in [6.07, 6.45) is -1.11. The number of halogens is 5. The molecule has 5 atom stereocenters. The molecule has 0 heterocycles. The summed E-state index contributed by atoms with van der Waals surface area (Å²) in [7, 11) is 0. The van der Waals surface area contributed by atoms with Gasteiger partial charge in [0.1, 0.15) is 5.75 Å². The minimum atomic E-state index is -4.85. The van der Waals surface area contributed by atoms with Crippen molar-refractivity contribution in [1.29, 1.82) is 0 Å². The first-order chi connectivity index (χ1) is 28.0. The Labute approximate surface area is 342 Å². The van der Waals surface area contributed by atoms with E-state index in [0.29, 0.717) is 55.2 Å². The Morgan fingerprint density at radius 3 is 2.39 bits per heavy atom. The van der Waals surface area contributed by atoms with Crippen molar-refractivity contribution in [2.75, 3.05) is 19.7 Å². The van der Waals surface area contributed by atoms with Gasteiger partial charge in [-0.25, -0.2) is 8.78 Å². The Morgan fingerprint density at radius 1 is 0.932 bits per heavy atom. The maximum atomic E-state index is 14.5. The third-order valence-electron chi connectivity index (χ3n) is 12.0. The van der Waals surface area contributed by atoms with Crippen molar-refractivity contribution in [3.8, 4) is 5.75 Å². The second-order valence-corrected chi connectivity index (χ2v) is 16.4. The number of rotatable bonds is 13. The lowest BCUT2D eigenvalue weighted by Crippen LogP contribution is -2.53. The van der Waals surface area contributed by atoms with E-state index in [-0.39, 0.29) is 62.1 Å². The molecule has 1 saturated carbocycles. The SMILES string of the molecule is CC1=CCCC2(C)C(CCC2(O)CN(Cc2ccc(OC(F)(F)F)cc2)CC(O)COCc2ccccc2)c2ccc(cc2C(=O)c2ccc(F)c(F)c2)CC(O)CC1. The van der Waals surface area contributed by atoms with Crippen LogP contribution in [0.3, 0.4) is 0 Å². The Kier molecular flexibility index (Phi) is 14.1. The molecule has 59 heavy (non-hydrogen) atoms. The number of nitrogens with zero attached hydrogens (tertiary/aromatic N) is 1. The van der Waals surface area contributed by atoms with Gasteiger partial charge in [-0.05, 0) is 116 Å². The van der Waals surface area contributed by atoms with Crippen LogP contribution in [-0.4, -0.2) is 69.9 Å². The first-order valence-electron chi connectivity index (χ1n) is 20.1. The lowest BCUT2D eigenvalue weighted by atomic mass is 9.64. The lowest BCUT2D eigenvalue weighted by Gasteiger charge is -2.46. The monoisotopic (exact) mass is 821 g/mol. The van der Waals surface area contributed by atoms with Gasteiger partial charge in [-0.1, -0.05) is 73.2 Å². The highest BCUT2D eigenvalue weighted by Gasteiger charge is 2.57. The quantitative estimate of drug-likeness (QED) is 0.0703. The van der Waals surface area contributed by atoms with Crippen molar-refractivity contribution in [1.82, 2.24) is 4.90 Å². The maximum absolute atomic E-state index is 14.5. The van der Waals surface area contributed by atoms with Crippen LogP contribution in [0.5, 0.6) is 5.75 Å². The van der Waals surface area contributed by atoms with Gasteiger partial charge in [-0.3, -0.25) is 9.69 Å². The standard InChI is InChI=1S/C47H52F5NO6/c1-31-7-6-21-45(2)41(39-18-13-34(23-36(54)15-10-31)24-40(39)44(56)35-14-19-42(48)43(49)25-35)20-22-46(45,57)30-53(26-32-11-16-38(17-12-32)59-47(50,51)52)27-37(55)29-58-28-33-8-4-3-5-9-33/h3-5,7-9,11-14,16-19,24-25,36-37,41,54-55,57H,6,10,15,20-23,26-30H2,1-2H3. The Morgan fingerprint density at radius 2 is 1.68 bits per heavy atom. The summed E-state index contributed by atoms with van der Waals surface area (Å²) in [5.41, 5.74) is 1.99. The minimum Gasteiger partial charge on any atom is -0.406 e. The van der Waals surface area contributed by atoms with E-state index in [2.05, 4.69) is 10.8 Å². The van der Waals surface area contributed by atoms with E-state index in [1.54, 1.807) is 6.07 Å². The second-order valence-electron chi connectivity index (χ2n) is 16.4. The van der Waals surface area contributed by atoms with Crippen LogP contribution in [0.2, 0.25) is 0 Å². The van der Waals surface area contributed by atoms with Crippen molar-refractivity contribution in [3.63, 3.8) is 0 Å². The summed E-state index contributed by atoms with van der Waals surface area (Å²) in [4.78, 5) is 16.2. The Bertz CT molecular complexity index is 2080. The zero-order valence-corrected chi connectivity index (χ0v) is 33.4. The molecule has 12 heteroatoms. The molecule has 4 aromatic rings. The number of hydrogen-bond donors (Lipinski definition) is 3. The average molecular weight is 822 g/mol. The van der Waals surface area contributed by atoms with Crippen LogP contribution >= 0.6 is 0 Å². The summed E-state index contributed by atoms with van der Waals surface area (Å²) in [6.45, 7) is 4.58. The molecule has 0 radical (unpaired) electrons. The van der Waals surface area contributed by atoms with Crippen LogP contribution in [0.1, 0.15) is 96.5 Å². The summed E-state index contributed by atoms with van der Waals surface area (Å²) < 4.78 is 77.2. The number of ketones is 1. The molecule has 0 spiro atoms. The number of aliphatic hydroxyl groups is 3. The summed E-state index contributed by atoms with van der Waals surface area (Å²) in [5.74, 6) is -3.48. The smallest absolute Gasteiger partial charge is 0.406 e. The lowest BCUT2D eigenvalue weighted by molar-refractivity contribution is -0.274. The number of carbonyl (C=O) groups is 1. The number of aliphatic hydroxyl groups excluding tert-OH is 2. The normalized spacial score (nSPS) is 23.1. The molecule has 7 nitrogen and oxygen atoms in total. The predicted molar refractivity (Wildman–Crippen MR) is 214 cm³/mol. The van der Waals surface area contributed by atoms with Gasteiger partial charge in [0.2, 0.25) is 0 Å². The van der Waals surface area contributed by atoms with Crippen molar-refractivity contribution in [2.45, 2.75) is 102 Å². The van der Waals surface area contributed by atoms with E-state index in [4.69, 9.17) is 4.74 Å². The third-order valence-corrected chi connectivity index (χ3v) is 12.0. The highest BCUT2D eigenvalue weighted by molar-refractivity contribution is 6.10. The van der Waals surface area contributed by atoms with Crippen LogP contribution in [-0.2, 0) is 24.3 Å². The molecule has 0 saturated heterocycles. The number of carbonyl (C=O) groups excluding carboxylic acids is 1. The fraction of sp³-hybridized carbons (Fsp3) is 0.426. The number of hydrogen-bond acceptors (Lipinski definition) is 7. The minimum absolute atomic E-state index is 0.0113. The van der Waals surface area contributed by atoms with Crippen LogP contribution in [0.4, 0.5) is 22.0 Å². The van der Waals surface area contributed by atoms with Crippen molar-refractivity contribution >= 4 is 5.78 Å². The third kappa shape index (κ3) is 11.2. The van der Waals surface area contributed by atoms with Crippen LogP contribution in [0, 0.1) is 17.0 Å². The van der Waals surface area contributed by atoms with Crippen LogP contribution < -0.4 is 4.74 Å². The molecule has 3 N–H and O–H groups in total. The predicted octanol–water partition coefficient (Wildman–Crippen LogP) is 9.21. The molecule has 2 bridgehead atoms. The van der Waals surface area contributed by atoms with Crippen LogP contribution in [0.15, 0.2) is 103 Å². The molecule has 4 aromatic carbocycles. The molecule has 5 unspecified atom stereocenters. The fourth-order valence-electron chi connectivity index (χ4n) is 8.84. The number of ether oxygens (including phenoxy) is 2. The largest absolute Gasteiger partial charge is 0.573 e. The van der Waals surface area contributed by atoms with Crippen molar-refractivity contribution < 1.29 is 51.5 Å². The van der Waals surface area contributed by atoms with Gasteiger partial charge in [0.15, 0.2) is 17.4 Å². The molecule has 3 aliphatic carbocycles. The zero-order chi connectivity index (χ0) is 42.4. The molecule has 316 valence electrons. The number of alkyl halides is 3. The maximum Gasteiger partial charge on any atom is 0.573 e. The van der Waals surface area contributed by atoms with Gasteiger partial charge in [0, 0.05) is 36.2 Å². The van der Waals surface area contributed by atoms with Gasteiger partial charge in [-0.2, -0.15) is 0 Å². The van der Waals surface area contributed by atoms with Gasteiger partial charge < -0.3 is 24.8 Å². The molecular weight excluding hydrogens is 770 g/mol. The molecular formula is C47H52F5NO6. The highest BCUT2D eigenvalue weighted by Crippen LogP contribution is 2.59. The molecule has 7 rings (SSSR count). The molecule has 0 aliphatic heterocycles. The van der Waals surface area contributed by atoms with Gasteiger partial charge in [0.05, 0.1) is 31.0 Å².